The fourth-order valence-electron chi connectivity index (χ4n) is 2.30. The zero-order chi connectivity index (χ0) is 16.2. The Bertz CT molecular complexity index is 852. The number of pyridine rings is 1. The van der Waals surface area contributed by atoms with Crippen molar-refractivity contribution in [2.24, 2.45) is 0 Å². The van der Waals surface area contributed by atoms with Crippen LogP contribution in [0.3, 0.4) is 0 Å². The van der Waals surface area contributed by atoms with E-state index in [1.54, 1.807) is 13.3 Å². The van der Waals surface area contributed by atoms with Crippen LogP contribution in [-0.4, -0.2) is 34.9 Å². The number of methoxy groups -OCH3 is 1. The van der Waals surface area contributed by atoms with Crippen LogP contribution in [0.1, 0.15) is 5.56 Å². The van der Waals surface area contributed by atoms with Crippen molar-refractivity contribution in [3.63, 3.8) is 0 Å². The van der Waals surface area contributed by atoms with Crippen molar-refractivity contribution in [3.8, 4) is 11.5 Å². The van der Waals surface area contributed by atoms with Gasteiger partial charge in [-0.15, -0.1) is 0 Å². The first kappa shape index (κ1) is 15.0. The maximum absolute atomic E-state index is 11.6. The standard InChI is InChI=1S/C16H18N4O3/c1-11-9-14(15-18-19-16(21)20(15)10-11)17-7-8-23-13-5-3-12(22-2)4-6-13/h3-6,9-10,17H,7-8H2,1-2H3,(H,19,21). The van der Waals surface area contributed by atoms with Gasteiger partial charge >= 0.3 is 5.69 Å². The molecule has 0 spiro atoms. The van der Waals surface area contributed by atoms with E-state index in [9.17, 15) is 4.79 Å². The molecule has 7 heteroatoms. The summed E-state index contributed by atoms with van der Waals surface area (Å²) in [6.45, 7) is 3.01. The van der Waals surface area contributed by atoms with E-state index in [1.165, 1.54) is 4.40 Å². The van der Waals surface area contributed by atoms with Gasteiger partial charge in [0.15, 0.2) is 5.65 Å². The summed E-state index contributed by atoms with van der Waals surface area (Å²) >= 11 is 0. The minimum atomic E-state index is -0.249. The highest BCUT2D eigenvalue weighted by Crippen LogP contribution is 2.17. The van der Waals surface area contributed by atoms with Gasteiger partial charge in [0.1, 0.15) is 18.1 Å². The van der Waals surface area contributed by atoms with Gasteiger partial charge in [0, 0.05) is 12.7 Å². The molecule has 2 aromatic heterocycles. The number of benzene rings is 1. The Labute approximate surface area is 132 Å². The highest BCUT2D eigenvalue weighted by Gasteiger charge is 2.06. The number of rotatable bonds is 6. The highest BCUT2D eigenvalue weighted by molar-refractivity contribution is 5.67. The van der Waals surface area contributed by atoms with Gasteiger partial charge in [0.2, 0.25) is 0 Å². The van der Waals surface area contributed by atoms with Crippen LogP contribution >= 0.6 is 0 Å². The molecule has 0 aliphatic rings. The van der Waals surface area contributed by atoms with Gasteiger partial charge in [0.05, 0.1) is 12.8 Å². The third-order valence-electron chi connectivity index (χ3n) is 3.40. The Morgan fingerprint density at radius 2 is 2.00 bits per heavy atom. The lowest BCUT2D eigenvalue weighted by molar-refractivity contribution is 0.332. The lowest BCUT2D eigenvalue weighted by atomic mass is 10.3. The first-order chi connectivity index (χ1) is 11.2. The molecule has 0 saturated carbocycles. The number of aryl methyl sites for hydroxylation is 1. The number of H-pyrrole nitrogens is 1. The van der Waals surface area contributed by atoms with E-state index < -0.39 is 0 Å². The quantitative estimate of drug-likeness (QED) is 0.679. The van der Waals surface area contributed by atoms with Crippen molar-refractivity contribution in [1.82, 2.24) is 14.6 Å². The zero-order valence-corrected chi connectivity index (χ0v) is 13.0. The fourth-order valence-corrected chi connectivity index (χ4v) is 2.30. The molecular weight excluding hydrogens is 296 g/mol. The van der Waals surface area contributed by atoms with Crippen LogP contribution in [0.5, 0.6) is 11.5 Å². The molecule has 0 aliphatic carbocycles. The Hall–Kier alpha value is -2.96. The first-order valence-electron chi connectivity index (χ1n) is 7.25. The van der Waals surface area contributed by atoms with E-state index in [2.05, 4.69) is 15.5 Å². The van der Waals surface area contributed by atoms with Crippen molar-refractivity contribution < 1.29 is 9.47 Å². The Morgan fingerprint density at radius 3 is 2.74 bits per heavy atom. The van der Waals surface area contributed by atoms with Gasteiger partial charge in [-0.25, -0.2) is 14.3 Å². The molecule has 1 aromatic carbocycles. The Balaban J connectivity index is 1.61. The van der Waals surface area contributed by atoms with E-state index in [1.807, 2.05) is 37.3 Å². The smallest absolute Gasteiger partial charge is 0.347 e. The molecule has 0 aliphatic heterocycles. The highest BCUT2D eigenvalue weighted by atomic mass is 16.5. The first-order valence-corrected chi connectivity index (χ1v) is 7.25. The molecule has 0 amide bonds. The molecule has 23 heavy (non-hydrogen) atoms. The van der Waals surface area contributed by atoms with Crippen LogP contribution in [-0.2, 0) is 0 Å². The molecule has 0 unspecified atom stereocenters. The largest absolute Gasteiger partial charge is 0.497 e. The number of hydrogen-bond donors (Lipinski definition) is 2. The normalized spacial score (nSPS) is 10.7. The van der Waals surface area contributed by atoms with Gasteiger partial charge in [-0.2, -0.15) is 5.10 Å². The number of hydrogen-bond acceptors (Lipinski definition) is 5. The van der Waals surface area contributed by atoms with Crippen molar-refractivity contribution >= 4 is 11.3 Å². The summed E-state index contributed by atoms with van der Waals surface area (Å²) < 4.78 is 12.2. The second-order valence-electron chi connectivity index (χ2n) is 5.10. The van der Waals surface area contributed by atoms with Gasteiger partial charge in [0.25, 0.3) is 0 Å². The van der Waals surface area contributed by atoms with Crippen LogP contribution in [0.25, 0.3) is 5.65 Å². The number of anilines is 1. The Morgan fingerprint density at radius 1 is 1.26 bits per heavy atom. The summed E-state index contributed by atoms with van der Waals surface area (Å²) in [5.41, 5.74) is 2.09. The molecule has 2 heterocycles. The lowest BCUT2D eigenvalue weighted by Crippen LogP contribution is -2.14. The van der Waals surface area contributed by atoms with Gasteiger partial charge in [-0.05, 0) is 42.8 Å². The van der Waals surface area contributed by atoms with Gasteiger partial charge in [-0.3, -0.25) is 0 Å². The van der Waals surface area contributed by atoms with Crippen molar-refractivity contribution in [2.45, 2.75) is 6.92 Å². The van der Waals surface area contributed by atoms with E-state index in [4.69, 9.17) is 9.47 Å². The average molecular weight is 314 g/mol. The van der Waals surface area contributed by atoms with Crippen LogP contribution < -0.4 is 20.5 Å². The minimum absolute atomic E-state index is 0.249. The van der Waals surface area contributed by atoms with E-state index in [0.29, 0.717) is 18.8 Å². The molecule has 0 saturated heterocycles. The topological polar surface area (TPSA) is 80.7 Å². The van der Waals surface area contributed by atoms with E-state index in [-0.39, 0.29) is 5.69 Å². The molecule has 0 atom stereocenters. The van der Waals surface area contributed by atoms with Crippen LogP contribution in [0.15, 0.2) is 41.3 Å². The van der Waals surface area contributed by atoms with Crippen molar-refractivity contribution in [1.29, 1.82) is 0 Å². The summed E-state index contributed by atoms with van der Waals surface area (Å²) in [6.07, 6.45) is 1.75. The molecule has 3 rings (SSSR count). The molecular formula is C16H18N4O3. The third-order valence-corrected chi connectivity index (χ3v) is 3.40. The monoisotopic (exact) mass is 314 g/mol. The van der Waals surface area contributed by atoms with Gasteiger partial charge < -0.3 is 14.8 Å². The molecule has 3 aromatic rings. The maximum atomic E-state index is 11.6. The summed E-state index contributed by atoms with van der Waals surface area (Å²) in [7, 11) is 1.63. The van der Waals surface area contributed by atoms with Gasteiger partial charge in [-0.1, -0.05) is 0 Å². The Kier molecular flexibility index (Phi) is 4.18. The average Bonchev–Trinajstić information content (AvgIpc) is 2.93. The number of ether oxygens (including phenoxy) is 2. The third kappa shape index (κ3) is 3.28. The molecule has 0 fully saturated rings. The number of fused-ring (bicyclic) bond motifs is 1. The van der Waals surface area contributed by atoms with Crippen molar-refractivity contribution in [2.75, 3.05) is 25.6 Å². The molecule has 0 bridgehead atoms. The van der Waals surface area contributed by atoms with E-state index in [0.717, 1.165) is 22.7 Å². The van der Waals surface area contributed by atoms with Crippen LogP contribution in [0.4, 0.5) is 5.69 Å². The molecule has 0 radical (unpaired) electrons. The predicted molar refractivity (Wildman–Crippen MR) is 87.5 cm³/mol. The minimum Gasteiger partial charge on any atom is -0.497 e. The number of aromatic nitrogens is 3. The second kappa shape index (κ2) is 6.43. The van der Waals surface area contributed by atoms with Crippen molar-refractivity contribution in [3.05, 3.63) is 52.6 Å². The maximum Gasteiger partial charge on any atom is 0.347 e. The SMILES string of the molecule is COc1ccc(OCCNc2cc(C)cn3c(=O)[nH]nc23)cc1. The molecule has 2 N–H and O–H groups in total. The van der Waals surface area contributed by atoms with Crippen LogP contribution in [0.2, 0.25) is 0 Å². The number of nitrogens with zero attached hydrogens (tertiary/aromatic N) is 2. The molecule has 7 nitrogen and oxygen atoms in total. The second-order valence-corrected chi connectivity index (χ2v) is 5.10. The lowest BCUT2D eigenvalue weighted by Gasteiger charge is -2.10. The van der Waals surface area contributed by atoms with E-state index >= 15 is 0 Å². The summed E-state index contributed by atoms with van der Waals surface area (Å²) in [5, 5.41) is 9.71. The number of aromatic amines is 1. The fraction of sp³-hybridized carbons (Fsp3) is 0.250. The van der Waals surface area contributed by atoms with Crippen LogP contribution in [0, 0.1) is 6.92 Å². The predicted octanol–water partition coefficient (Wildman–Crippen LogP) is 1.83. The summed E-state index contributed by atoms with van der Waals surface area (Å²) in [6, 6.07) is 9.36. The zero-order valence-electron chi connectivity index (χ0n) is 13.0. The molecule has 120 valence electrons. The summed E-state index contributed by atoms with van der Waals surface area (Å²) in [5.74, 6) is 1.57. The summed E-state index contributed by atoms with van der Waals surface area (Å²) in [4.78, 5) is 11.6. The number of nitrogens with one attached hydrogen (secondary N) is 2.